The number of fused-ring (bicyclic) bond motifs is 1. The van der Waals surface area contributed by atoms with Crippen molar-refractivity contribution in [1.29, 1.82) is 0 Å². The lowest BCUT2D eigenvalue weighted by Crippen LogP contribution is -2.51. The van der Waals surface area contributed by atoms with Crippen molar-refractivity contribution >= 4 is 22.8 Å². The van der Waals surface area contributed by atoms with Crippen LogP contribution in [-0.2, 0) is 11.8 Å². The van der Waals surface area contributed by atoms with Crippen LogP contribution in [0.25, 0.3) is 11.0 Å². The molecule has 1 saturated heterocycles. The van der Waals surface area contributed by atoms with Gasteiger partial charge in [0.05, 0.1) is 11.6 Å². The molecule has 3 heterocycles. The number of aromatic nitrogens is 4. The van der Waals surface area contributed by atoms with Crippen LogP contribution in [0, 0.1) is 5.92 Å². The highest BCUT2D eigenvalue weighted by atomic mass is 16.2. The predicted molar refractivity (Wildman–Crippen MR) is 95.0 cm³/mol. The maximum atomic E-state index is 12.8. The lowest BCUT2D eigenvalue weighted by atomic mass is 9.85. The zero-order chi connectivity index (χ0) is 17.4. The van der Waals surface area contributed by atoms with Crippen LogP contribution < -0.4 is 10.6 Å². The Labute approximate surface area is 147 Å². The zero-order valence-corrected chi connectivity index (χ0v) is 14.6. The Bertz CT molecular complexity index is 765. The number of rotatable bonds is 2. The number of anilines is 1. The zero-order valence-electron chi connectivity index (χ0n) is 14.6. The van der Waals surface area contributed by atoms with Crippen LogP contribution in [-0.4, -0.2) is 62.8 Å². The summed E-state index contributed by atoms with van der Waals surface area (Å²) >= 11 is 0. The van der Waals surface area contributed by atoms with Crippen LogP contribution in [0.5, 0.6) is 0 Å². The molecule has 134 valence electrons. The van der Waals surface area contributed by atoms with E-state index in [0.717, 1.165) is 68.7 Å². The number of nitrogens with two attached hydrogens (primary N) is 1. The summed E-state index contributed by atoms with van der Waals surface area (Å²) in [4.78, 5) is 25.7. The summed E-state index contributed by atoms with van der Waals surface area (Å²) in [5.74, 6) is 1.30. The van der Waals surface area contributed by atoms with E-state index < -0.39 is 0 Å². The molecule has 0 spiro atoms. The molecule has 2 N–H and O–H groups in total. The molecule has 8 nitrogen and oxygen atoms in total. The number of carbonyl (C=O) groups is 1. The van der Waals surface area contributed by atoms with Crippen LogP contribution in [0.4, 0.5) is 5.82 Å². The minimum absolute atomic E-state index is 0.111. The second-order valence-corrected chi connectivity index (χ2v) is 7.14. The minimum Gasteiger partial charge on any atom is -0.352 e. The Morgan fingerprint density at radius 3 is 2.76 bits per heavy atom. The van der Waals surface area contributed by atoms with Crippen molar-refractivity contribution in [2.24, 2.45) is 18.7 Å². The van der Waals surface area contributed by atoms with E-state index in [9.17, 15) is 4.79 Å². The van der Waals surface area contributed by atoms with E-state index in [2.05, 4.69) is 20.0 Å². The topological polar surface area (TPSA) is 93.2 Å². The van der Waals surface area contributed by atoms with Gasteiger partial charge in [-0.05, 0) is 19.3 Å². The lowest BCUT2D eigenvalue weighted by Gasteiger charge is -2.38. The molecule has 0 radical (unpaired) electrons. The Morgan fingerprint density at radius 1 is 1.20 bits per heavy atom. The summed E-state index contributed by atoms with van der Waals surface area (Å²) in [6, 6.07) is 0.184. The normalized spacial score (nSPS) is 24.7. The fraction of sp³-hybridized carbons (Fsp3) is 0.647. The molecule has 1 saturated carbocycles. The molecule has 0 bridgehead atoms. The molecule has 2 atom stereocenters. The van der Waals surface area contributed by atoms with Crippen molar-refractivity contribution in [2.75, 3.05) is 31.1 Å². The first-order valence-corrected chi connectivity index (χ1v) is 9.05. The molecule has 1 amide bonds. The second kappa shape index (κ2) is 6.59. The van der Waals surface area contributed by atoms with Crippen LogP contribution in [0.15, 0.2) is 12.5 Å². The molecule has 4 rings (SSSR count). The van der Waals surface area contributed by atoms with Crippen molar-refractivity contribution in [3.05, 3.63) is 12.5 Å². The Balaban J connectivity index is 1.43. The second-order valence-electron chi connectivity index (χ2n) is 7.14. The third kappa shape index (κ3) is 3.06. The molecule has 2 aromatic rings. The maximum Gasteiger partial charge on any atom is 0.225 e. The van der Waals surface area contributed by atoms with Crippen LogP contribution in [0.1, 0.15) is 25.7 Å². The van der Waals surface area contributed by atoms with Gasteiger partial charge in [-0.25, -0.2) is 9.97 Å². The highest BCUT2D eigenvalue weighted by Gasteiger charge is 2.31. The van der Waals surface area contributed by atoms with E-state index in [0.29, 0.717) is 0 Å². The van der Waals surface area contributed by atoms with Crippen LogP contribution in [0.3, 0.4) is 0 Å². The van der Waals surface area contributed by atoms with Gasteiger partial charge in [0.15, 0.2) is 5.65 Å². The lowest BCUT2D eigenvalue weighted by molar-refractivity contribution is -0.137. The standard InChI is InChI=1S/C17H25N7O/c1-22-15-14(10-21-22)16(20-11-19-15)23-5-7-24(8-6-23)17(25)12-3-2-4-13(18)9-12/h10-13H,2-9,18H2,1H3. The molecule has 1 aliphatic carbocycles. The third-order valence-corrected chi connectivity index (χ3v) is 5.46. The van der Waals surface area contributed by atoms with Crippen molar-refractivity contribution in [2.45, 2.75) is 31.7 Å². The van der Waals surface area contributed by atoms with Crippen molar-refractivity contribution in [1.82, 2.24) is 24.6 Å². The molecule has 2 aliphatic rings. The van der Waals surface area contributed by atoms with E-state index in [1.165, 1.54) is 0 Å². The minimum atomic E-state index is 0.111. The third-order valence-electron chi connectivity index (χ3n) is 5.46. The average molecular weight is 343 g/mol. The van der Waals surface area contributed by atoms with E-state index in [1.807, 2.05) is 18.1 Å². The summed E-state index contributed by atoms with van der Waals surface area (Å²) in [7, 11) is 1.88. The summed E-state index contributed by atoms with van der Waals surface area (Å²) in [6.07, 6.45) is 7.33. The fourth-order valence-electron chi connectivity index (χ4n) is 4.05. The highest BCUT2D eigenvalue weighted by Crippen LogP contribution is 2.27. The number of aryl methyl sites for hydroxylation is 1. The number of amides is 1. The van der Waals surface area contributed by atoms with Gasteiger partial charge in [0.1, 0.15) is 12.1 Å². The molecule has 2 unspecified atom stereocenters. The van der Waals surface area contributed by atoms with Gasteiger partial charge in [0.2, 0.25) is 5.91 Å². The van der Waals surface area contributed by atoms with Gasteiger partial charge in [-0.15, -0.1) is 0 Å². The van der Waals surface area contributed by atoms with Crippen molar-refractivity contribution < 1.29 is 4.79 Å². The van der Waals surface area contributed by atoms with Gasteiger partial charge in [-0.3, -0.25) is 9.48 Å². The number of nitrogens with zero attached hydrogens (tertiary/aromatic N) is 6. The quantitative estimate of drug-likeness (QED) is 0.855. The van der Waals surface area contributed by atoms with E-state index in [1.54, 1.807) is 11.0 Å². The predicted octanol–water partition coefficient (Wildman–Crippen LogP) is 0.529. The SMILES string of the molecule is Cn1ncc2c(N3CCN(C(=O)C4CCCC(N)C4)CC3)ncnc21. The summed E-state index contributed by atoms with van der Waals surface area (Å²) in [5.41, 5.74) is 6.88. The van der Waals surface area contributed by atoms with Crippen molar-refractivity contribution in [3.63, 3.8) is 0 Å². The van der Waals surface area contributed by atoms with Crippen LogP contribution in [0.2, 0.25) is 0 Å². The van der Waals surface area contributed by atoms with E-state index >= 15 is 0 Å². The summed E-state index contributed by atoms with van der Waals surface area (Å²) in [6.45, 7) is 3.03. The summed E-state index contributed by atoms with van der Waals surface area (Å²) in [5, 5.41) is 5.23. The molecule has 1 aliphatic heterocycles. The first-order chi connectivity index (χ1) is 12.1. The summed E-state index contributed by atoms with van der Waals surface area (Å²) < 4.78 is 1.76. The first-order valence-electron chi connectivity index (χ1n) is 9.05. The monoisotopic (exact) mass is 343 g/mol. The largest absolute Gasteiger partial charge is 0.352 e. The number of hydrogen-bond donors (Lipinski definition) is 1. The first kappa shape index (κ1) is 16.3. The van der Waals surface area contributed by atoms with E-state index in [-0.39, 0.29) is 17.9 Å². The molecule has 8 heteroatoms. The van der Waals surface area contributed by atoms with Gasteiger partial charge in [-0.2, -0.15) is 5.10 Å². The Morgan fingerprint density at radius 2 is 2.00 bits per heavy atom. The van der Waals surface area contributed by atoms with Crippen molar-refractivity contribution in [3.8, 4) is 0 Å². The van der Waals surface area contributed by atoms with Gasteiger partial charge >= 0.3 is 0 Å². The smallest absolute Gasteiger partial charge is 0.225 e. The van der Waals surface area contributed by atoms with Gasteiger partial charge in [0, 0.05) is 45.2 Å². The Kier molecular flexibility index (Phi) is 4.29. The van der Waals surface area contributed by atoms with Gasteiger partial charge < -0.3 is 15.5 Å². The molecule has 0 aromatic carbocycles. The number of piperazine rings is 1. The molecule has 2 aromatic heterocycles. The number of hydrogen-bond acceptors (Lipinski definition) is 6. The molecule has 2 fully saturated rings. The number of carbonyl (C=O) groups excluding carboxylic acids is 1. The average Bonchev–Trinajstić information content (AvgIpc) is 3.03. The maximum absolute atomic E-state index is 12.8. The van der Waals surface area contributed by atoms with E-state index in [4.69, 9.17) is 5.73 Å². The van der Waals surface area contributed by atoms with Crippen LogP contribution >= 0.6 is 0 Å². The van der Waals surface area contributed by atoms with Gasteiger partial charge in [0.25, 0.3) is 0 Å². The molecule has 25 heavy (non-hydrogen) atoms. The molecular weight excluding hydrogens is 318 g/mol. The Hall–Kier alpha value is -2.22. The highest BCUT2D eigenvalue weighted by molar-refractivity contribution is 5.87. The fourth-order valence-corrected chi connectivity index (χ4v) is 4.05. The molecular formula is C17H25N7O. The van der Waals surface area contributed by atoms with Gasteiger partial charge in [-0.1, -0.05) is 6.42 Å².